The summed E-state index contributed by atoms with van der Waals surface area (Å²) in [4.78, 5) is 10.7. The molecular formula is C64H65N3O. The summed E-state index contributed by atoms with van der Waals surface area (Å²) >= 11 is 0. The average Bonchev–Trinajstić information content (AvgIpc) is 3.70. The largest absolute Gasteiger partial charge is 0.507 e. The van der Waals surface area contributed by atoms with Crippen molar-refractivity contribution < 1.29 is 5.11 Å². The summed E-state index contributed by atoms with van der Waals surface area (Å²) in [5.74, 6) is 1.05. The fourth-order valence-corrected chi connectivity index (χ4v) is 9.28. The van der Waals surface area contributed by atoms with Crippen LogP contribution in [0.25, 0.3) is 83.9 Å². The summed E-state index contributed by atoms with van der Waals surface area (Å²) < 4.78 is 2.30. The van der Waals surface area contributed by atoms with Crippen LogP contribution in [-0.4, -0.2) is 19.6 Å². The topological polar surface area (TPSA) is 50.9 Å². The van der Waals surface area contributed by atoms with Gasteiger partial charge in [-0.15, -0.1) is 0 Å². The van der Waals surface area contributed by atoms with Crippen molar-refractivity contribution in [1.82, 2.24) is 14.5 Å². The highest BCUT2D eigenvalue weighted by Gasteiger charge is 2.28. The van der Waals surface area contributed by atoms with Gasteiger partial charge in [-0.25, -0.2) is 4.98 Å². The zero-order valence-corrected chi connectivity index (χ0v) is 42.0. The van der Waals surface area contributed by atoms with Crippen molar-refractivity contribution >= 4 is 11.0 Å². The fraction of sp³-hybridized carbons (Fsp3) is 0.250. The van der Waals surface area contributed by atoms with Crippen LogP contribution in [0.15, 0.2) is 164 Å². The van der Waals surface area contributed by atoms with Crippen molar-refractivity contribution in [1.29, 1.82) is 0 Å². The summed E-state index contributed by atoms with van der Waals surface area (Å²) in [6.07, 6.45) is 1.91. The van der Waals surface area contributed by atoms with Gasteiger partial charge in [0.05, 0.1) is 28.0 Å². The van der Waals surface area contributed by atoms with E-state index in [9.17, 15) is 5.11 Å². The van der Waals surface area contributed by atoms with Gasteiger partial charge in [0, 0.05) is 22.9 Å². The van der Waals surface area contributed by atoms with Crippen molar-refractivity contribution in [3.63, 3.8) is 0 Å². The number of fused-ring (bicyclic) bond motifs is 1. The second kappa shape index (κ2) is 17.6. The van der Waals surface area contributed by atoms with Crippen LogP contribution < -0.4 is 0 Å². The van der Waals surface area contributed by atoms with Gasteiger partial charge in [-0.3, -0.25) is 9.55 Å². The van der Waals surface area contributed by atoms with Gasteiger partial charge in [0.1, 0.15) is 11.6 Å². The molecule has 0 saturated heterocycles. The molecule has 0 atom stereocenters. The van der Waals surface area contributed by atoms with E-state index in [-0.39, 0.29) is 27.9 Å². The smallest absolute Gasteiger partial charge is 0.149 e. The van der Waals surface area contributed by atoms with Crippen molar-refractivity contribution in [2.75, 3.05) is 0 Å². The molecule has 0 saturated carbocycles. The molecule has 0 amide bonds. The summed E-state index contributed by atoms with van der Waals surface area (Å²) in [7, 11) is 0. The van der Waals surface area contributed by atoms with Crippen LogP contribution in [0.2, 0.25) is 0 Å². The number of phenols is 1. The number of pyridine rings is 1. The van der Waals surface area contributed by atoms with Crippen LogP contribution in [0.4, 0.5) is 0 Å². The van der Waals surface area contributed by atoms with Crippen molar-refractivity contribution in [2.24, 2.45) is 0 Å². The number of benzene rings is 7. The molecule has 2 aromatic heterocycles. The Kier molecular flexibility index (Phi) is 11.9. The first-order chi connectivity index (χ1) is 32.2. The molecule has 0 unspecified atom stereocenters. The molecule has 0 aliphatic heterocycles. The van der Waals surface area contributed by atoms with Crippen LogP contribution in [0.3, 0.4) is 0 Å². The Morgan fingerprint density at radius 3 is 1.74 bits per heavy atom. The van der Waals surface area contributed by atoms with E-state index in [1.807, 2.05) is 6.20 Å². The number of phenolic OH excluding ortho intramolecular Hbond substituents is 1. The number of nitrogens with zero attached hydrogens (tertiary/aromatic N) is 3. The lowest BCUT2D eigenvalue weighted by Crippen LogP contribution is -2.13. The lowest BCUT2D eigenvalue weighted by atomic mass is 9.83. The SMILES string of the molecule is Cc1ccc(-c2ccnc(-c3cc(-c4ccccc4)cc(-c4cccc5c4nc(-c4cc(C(C)(C)C)cc(C(C)C)c4O)n5-c4ccc(C(C)(C)C)cc4-c4ccc(C(C)(C)C)cc4)c3)c2)cc1. The molecule has 0 radical (unpaired) electrons. The Morgan fingerprint density at radius 1 is 0.471 bits per heavy atom. The number of aromatic hydroxyl groups is 1. The van der Waals surface area contributed by atoms with Crippen LogP contribution in [0.5, 0.6) is 5.75 Å². The van der Waals surface area contributed by atoms with Crippen molar-refractivity contribution in [2.45, 2.75) is 105 Å². The van der Waals surface area contributed by atoms with Gasteiger partial charge in [0.2, 0.25) is 0 Å². The Hall–Kier alpha value is -7.04. The highest BCUT2D eigenvalue weighted by Crippen LogP contribution is 2.46. The summed E-state index contributed by atoms with van der Waals surface area (Å²) in [6, 6.07) is 57.2. The van der Waals surface area contributed by atoms with Gasteiger partial charge in [0.25, 0.3) is 0 Å². The lowest BCUT2D eigenvalue weighted by Gasteiger charge is -2.25. The molecule has 0 bridgehead atoms. The molecular weight excluding hydrogens is 827 g/mol. The quantitative estimate of drug-likeness (QED) is 0.165. The van der Waals surface area contributed by atoms with Crippen molar-refractivity contribution in [3.05, 3.63) is 192 Å². The Bertz CT molecular complexity index is 3300. The van der Waals surface area contributed by atoms with Crippen LogP contribution >= 0.6 is 0 Å². The third-order valence-electron chi connectivity index (χ3n) is 13.5. The highest BCUT2D eigenvalue weighted by molar-refractivity contribution is 5.98. The second-order valence-corrected chi connectivity index (χ2v) is 22.1. The molecule has 4 nitrogen and oxygen atoms in total. The number of aromatic nitrogens is 3. The maximum Gasteiger partial charge on any atom is 0.149 e. The van der Waals surface area contributed by atoms with Crippen LogP contribution in [-0.2, 0) is 16.2 Å². The third kappa shape index (κ3) is 9.05. The van der Waals surface area contributed by atoms with E-state index in [2.05, 4.69) is 245 Å². The summed E-state index contributed by atoms with van der Waals surface area (Å²) in [5.41, 5.74) is 19.7. The molecule has 68 heavy (non-hydrogen) atoms. The first-order valence-corrected chi connectivity index (χ1v) is 24.1. The zero-order valence-electron chi connectivity index (χ0n) is 42.0. The first kappa shape index (κ1) is 46.1. The van der Waals surface area contributed by atoms with Crippen molar-refractivity contribution in [3.8, 4) is 78.6 Å². The summed E-state index contributed by atoms with van der Waals surface area (Å²) in [6.45, 7) is 26.7. The molecule has 0 fully saturated rings. The molecule has 0 spiro atoms. The van der Waals surface area contributed by atoms with E-state index in [0.717, 1.165) is 83.6 Å². The molecule has 9 aromatic rings. The van der Waals surface area contributed by atoms with E-state index in [0.29, 0.717) is 11.4 Å². The fourth-order valence-electron chi connectivity index (χ4n) is 9.28. The van der Waals surface area contributed by atoms with E-state index in [1.54, 1.807) is 0 Å². The summed E-state index contributed by atoms with van der Waals surface area (Å²) in [5, 5.41) is 12.5. The van der Waals surface area contributed by atoms with E-state index in [1.165, 1.54) is 16.7 Å². The maximum absolute atomic E-state index is 12.5. The Morgan fingerprint density at radius 2 is 1.07 bits per heavy atom. The highest BCUT2D eigenvalue weighted by atomic mass is 16.3. The number of hydrogen-bond donors (Lipinski definition) is 1. The Balaban J connectivity index is 1.35. The zero-order chi connectivity index (χ0) is 48.3. The molecule has 9 rings (SSSR count). The van der Waals surface area contributed by atoms with Crippen LogP contribution in [0.1, 0.15) is 110 Å². The minimum atomic E-state index is -0.179. The van der Waals surface area contributed by atoms with Gasteiger partial charge >= 0.3 is 0 Å². The van der Waals surface area contributed by atoms with E-state index < -0.39 is 0 Å². The minimum absolute atomic E-state index is 0.0140. The molecule has 4 heteroatoms. The van der Waals surface area contributed by atoms with E-state index in [4.69, 9.17) is 9.97 Å². The molecule has 0 aliphatic carbocycles. The van der Waals surface area contributed by atoms with Crippen LogP contribution in [0, 0.1) is 6.92 Å². The molecule has 1 N–H and O–H groups in total. The average molecular weight is 892 g/mol. The van der Waals surface area contributed by atoms with E-state index >= 15 is 0 Å². The predicted molar refractivity (Wildman–Crippen MR) is 288 cm³/mol. The van der Waals surface area contributed by atoms with Gasteiger partial charge in [-0.2, -0.15) is 0 Å². The standard InChI is InChI=1S/C64H65N3O/c1-40(2)53-38-51(64(10,11)12)39-55(60(53)68)61-66-59-52(19-16-20-58(59)67(61)57-30-29-50(63(7,8)9)37-54(57)44-25-27-49(28-26-44)62(4,5)6)47-33-46(42-17-14-13-15-18-42)34-48(35-47)56-36-45(31-32-65-56)43-23-21-41(3)22-24-43/h13-40,68H,1-12H3. The number of hydrogen-bond acceptors (Lipinski definition) is 3. The number of para-hydroxylation sites is 1. The third-order valence-corrected chi connectivity index (χ3v) is 13.5. The minimum Gasteiger partial charge on any atom is -0.507 e. The van der Waals surface area contributed by atoms with Gasteiger partial charge < -0.3 is 5.11 Å². The molecule has 2 heterocycles. The first-order valence-electron chi connectivity index (χ1n) is 24.1. The molecule has 7 aromatic carbocycles. The van der Waals surface area contributed by atoms with Gasteiger partial charge in [0.15, 0.2) is 0 Å². The number of rotatable bonds is 8. The second-order valence-electron chi connectivity index (χ2n) is 22.1. The Labute approximate surface area is 404 Å². The lowest BCUT2D eigenvalue weighted by molar-refractivity contribution is 0.465. The van der Waals surface area contributed by atoms with Gasteiger partial charge in [-0.05, 0) is 139 Å². The molecule has 342 valence electrons. The predicted octanol–water partition coefficient (Wildman–Crippen LogP) is 17.5. The molecule has 0 aliphatic rings. The monoisotopic (exact) mass is 892 g/mol. The normalized spacial score (nSPS) is 12.3. The number of aryl methyl sites for hydroxylation is 1. The van der Waals surface area contributed by atoms with Gasteiger partial charge in [-0.1, -0.05) is 185 Å². The number of imidazole rings is 1. The maximum atomic E-state index is 12.5.